The van der Waals surface area contributed by atoms with Crippen molar-refractivity contribution in [2.45, 2.75) is 6.92 Å². The Hall–Kier alpha value is -1.71. The van der Waals surface area contributed by atoms with E-state index in [2.05, 4.69) is 4.74 Å². The van der Waals surface area contributed by atoms with Gasteiger partial charge in [0.25, 0.3) is 0 Å². The van der Waals surface area contributed by atoms with Crippen LogP contribution in [0.2, 0.25) is 0 Å². The first-order chi connectivity index (χ1) is 6.15. The maximum absolute atomic E-state index is 12.7. The lowest BCUT2D eigenvalue weighted by Crippen LogP contribution is -2.05. The fourth-order valence-electron chi connectivity index (χ4n) is 0.921. The monoisotopic (exact) mass is 182 g/mol. The summed E-state index contributed by atoms with van der Waals surface area (Å²) in [5.41, 5.74) is 0.625. The summed E-state index contributed by atoms with van der Waals surface area (Å²) in [4.78, 5) is 20.8. The summed E-state index contributed by atoms with van der Waals surface area (Å²) in [6.07, 6.45) is 0. The number of rotatable bonds is 2. The number of esters is 1. The molecule has 1 aromatic rings. The topological polar surface area (TPSA) is 43.4 Å². The number of benzene rings is 1. The minimum absolute atomic E-state index is 0.0205. The quantitative estimate of drug-likeness (QED) is 0.395. The number of aryl methyl sites for hydroxylation is 1. The molecule has 0 atom stereocenters. The van der Waals surface area contributed by atoms with Gasteiger partial charge in [0, 0.05) is 0 Å². The zero-order valence-corrected chi connectivity index (χ0v) is 6.91. The van der Waals surface area contributed by atoms with Gasteiger partial charge >= 0.3 is 12.4 Å². The average Bonchev–Trinajstić information content (AvgIpc) is 2.09. The van der Waals surface area contributed by atoms with Crippen molar-refractivity contribution in [1.82, 2.24) is 0 Å². The molecule has 0 unspecified atom stereocenters. The molecule has 4 heteroatoms. The van der Waals surface area contributed by atoms with Crippen molar-refractivity contribution in [3.05, 3.63) is 35.1 Å². The van der Waals surface area contributed by atoms with Crippen LogP contribution in [0.5, 0.6) is 0 Å². The van der Waals surface area contributed by atoms with Crippen LogP contribution in [0, 0.1) is 12.7 Å². The van der Waals surface area contributed by atoms with Crippen molar-refractivity contribution in [2.24, 2.45) is 0 Å². The molecule has 0 aliphatic carbocycles. The highest BCUT2D eigenvalue weighted by molar-refractivity contribution is 5.94. The van der Waals surface area contributed by atoms with Crippen LogP contribution in [0.15, 0.2) is 18.2 Å². The van der Waals surface area contributed by atoms with Gasteiger partial charge in [0.1, 0.15) is 5.82 Å². The van der Waals surface area contributed by atoms with Crippen LogP contribution in [0.4, 0.5) is 4.39 Å². The summed E-state index contributed by atoms with van der Waals surface area (Å²) in [5, 5.41) is 0. The molecule has 13 heavy (non-hydrogen) atoms. The Kier molecular flexibility index (Phi) is 2.74. The third-order valence-electron chi connectivity index (χ3n) is 1.57. The Bertz CT molecular complexity index is 347. The van der Waals surface area contributed by atoms with Crippen molar-refractivity contribution >= 4 is 12.4 Å². The molecule has 0 radical (unpaired) electrons. The Balaban J connectivity index is 3.05. The smallest absolute Gasteiger partial charge is 0.345 e. The van der Waals surface area contributed by atoms with Gasteiger partial charge in [0.05, 0.1) is 5.56 Å². The van der Waals surface area contributed by atoms with E-state index in [0.29, 0.717) is 5.56 Å². The standard InChI is InChI=1S/C9H7FO3/c1-6-2-3-7(10)4-8(6)9(12)13-5-11/h2-5H,1H3. The molecule has 0 N–H and O–H groups in total. The molecular weight excluding hydrogens is 175 g/mol. The number of ether oxygens (including phenoxy) is 1. The first kappa shape index (κ1) is 9.38. The van der Waals surface area contributed by atoms with E-state index in [4.69, 9.17) is 0 Å². The summed E-state index contributed by atoms with van der Waals surface area (Å²) in [5.74, 6) is -1.38. The van der Waals surface area contributed by atoms with Crippen molar-refractivity contribution in [3.8, 4) is 0 Å². The van der Waals surface area contributed by atoms with Gasteiger partial charge in [-0.15, -0.1) is 0 Å². The molecule has 0 saturated carbocycles. The summed E-state index contributed by atoms with van der Waals surface area (Å²) in [6, 6.07) is 3.70. The second kappa shape index (κ2) is 3.80. The van der Waals surface area contributed by atoms with Gasteiger partial charge in [-0.2, -0.15) is 0 Å². The maximum Gasteiger partial charge on any atom is 0.345 e. The van der Waals surface area contributed by atoms with Gasteiger partial charge in [0.15, 0.2) is 0 Å². The second-order valence-corrected chi connectivity index (χ2v) is 2.46. The Morgan fingerprint density at radius 2 is 2.23 bits per heavy atom. The van der Waals surface area contributed by atoms with Crippen molar-refractivity contribution in [3.63, 3.8) is 0 Å². The van der Waals surface area contributed by atoms with E-state index in [1.54, 1.807) is 6.92 Å². The van der Waals surface area contributed by atoms with Gasteiger partial charge in [0.2, 0.25) is 0 Å². The summed E-state index contributed by atoms with van der Waals surface area (Å²) >= 11 is 0. The molecule has 68 valence electrons. The van der Waals surface area contributed by atoms with E-state index in [9.17, 15) is 14.0 Å². The lowest BCUT2D eigenvalue weighted by Gasteiger charge is -2.01. The van der Waals surface area contributed by atoms with Crippen LogP contribution in [-0.4, -0.2) is 12.4 Å². The largest absolute Gasteiger partial charge is 0.392 e. The van der Waals surface area contributed by atoms with E-state index in [-0.39, 0.29) is 12.0 Å². The fraction of sp³-hybridized carbons (Fsp3) is 0.111. The van der Waals surface area contributed by atoms with E-state index in [1.165, 1.54) is 12.1 Å². The van der Waals surface area contributed by atoms with Gasteiger partial charge in [-0.1, -0.05) is 6.07 Å². The van der Waals surface area contributed by atoms with Crippen LogP contribution in [0.3, 0.4) is 0 Å². The molecule has 0 spiro atoms. The van der Waals surface area contributed by atoms with E-state index in [0.717, 1.165) is 6.07 Å². The molecule has 1 rings (SSSR count). The summed E-state index contributed by atoms with van der Waals surface area (Å²) in [6.45, 7) is 1.65. The minimum atomic E-state index is -0.841. The van der Waals surface area contributed by atoms with Crippen LogP contribution in [0.1, 0.15) is 15.9 Å². The summed E-state index contributed by atoms with van der Waals surface area (Å²) < 4.78 is 16.7. The molecule has 0 bridgehead atoms. The third kappa shape index (κ3) is 2.11. The highest BCUT2D eigenvalue weighted by Crippen LogP contribution is 2.10. The number of halogens is 1. The normalized spacial score (nSPS) is 9.38. The van der Waals surface area contributed by atoms with Crippen LogP contribution >= 0.6 is 0 Å². The predicted octanol–water partition coefficient (Wildman–Crippen LogP) is 1.45. The van der Waals surface area contributed by atoms with Gasteiger partial charge in [-0.05, 0) is 24.6 Å². The fourth-order valence-corrected chi connectivity index (χ4v) is 0.921. The second-order valence-electron chi connectivity index (χ2n) is 2.46. The summed E-state index contributed by atoms with van der Waals surface area (Å²) in [7, 11) is 0. The SMILES string of the molecule is Cc1ccc(F)cc1C(=O)OC=O. The third-order valence-corrected chi connectivity index (χ3v) is 1.57. The van der Waals surface area contributed by atoms with Crippen LogP contribution < -0.4 is 0 Å². The number of carbonyl (C=O) groups excluding carboxylic acids is 2. The molecule has 0 aliphatic rings. The molecule has 0 heterocycles. The Labute approximate surface area is 74.1 Å². The molecule has 0 amide bonds. The minimum Gasteiger partial charge on any atom is -0.392 e. The highest BCUT2D eigenvalue weighted by Gasteiger charge is 2.10. The van der Waals surface area contributed by atoms with Gasteiger partial charge in [-0.25, -0.2) is 9.18 Å². The molecular formula is C9H7FO3. The lowest BCUT2D eigenvalue weighted by molar-refractivity contribution is -0.123. The van der Waals surface area contributed by atoms with Crippen molar-refractivity contribution < 1.29 is 18.7 Å². The molecule has 3 nitrogen and oxygen atoms in total. The highest BCUT2D eigenvalue weighted by atomic mass is 19.1. The first-order valence-corrected chi connectivity index (χ1v) is 3.56. The molecule has 1 aromatic carbocycles. The zero-order chi connectivity index (χ0) is 9.84. The number of carbonyl (C=O) groups is 2. The number of hydrogen-bond acceptors (Lipinski definition) is 3. The molecule has 0 saturated heterocycles. The Morgan fingerprint density at radius 3 is 2.85 bits per heavy atom. The van der Waals surface area contributed by atoms with E-state index < -0.39 is 11.8 Å². The van der Waals surface area contributed by atoms with Gasteiger partial charge in [-0.3, -0.25) is 4.79 Å². The molecule has 0 aliphatic heterocycles. The number of hydrogen-bond donors (Lipinski definition) is 0. The van der Waals surface area contributed by atoms with Crippen LogP contribution in [0.25, 0.3) is 0 Å². The Morgan fingerprint density at radius 1 is 1.54 bits per heavy atom. The van der Waals surface area contributed by atoms with Crippen LogP contribution in [-0.2, 0) is 9.53 Å². The van der Waals surface area contributed by atoms with Gasteiger partial charge < -0.3 is 4.74 Å². The zero-order valence-electron chi connectivity index (χ0n) is 6.91. The average molecular weight is 182 g/mol. The predicted molar refractivity (Wildman–Crippen MR) is 42.6 cm³/mol. The van der Waals surface area contributed by atoms with Crippen molar-refractivity contribution in [1.29, 1.82) is 0 Å². The molecule has 0 aromatic heterocycles. The lowest BCUT2D eigenvalue weighted by atomic mass is 10.1. The first-order valence-electron chi connectivity index (χ1n) is 3.56. The maximum atomic E-state index is 12.7. The van der Waals surface area contributed by atoms with E-state index in [1.807, 2.05) is 0 Å². The van der Waals surface area contributed by atoms with E-state index >= 15 is 0 Å². The molecule has 0 fully saturated rings. The van der Waals surface area contributed by atoms with Crippen molar-refractivity contribution in [2.75, 3.05) is 0 Å².